The minimum absolute atomic E-state index is 0.0170. The first-order valence-corrected chi connectivity index (χ1v) is 44.8. The van der Waals surface area contributed by atoms with Crippen LogP contribution in [-0.2, 0) is 14.3 Å². The van der Waals surface area contributed by atoms with Gasteiger partial charge in [-0.1, -0.05) is 468 Å². The number of allylic oxidation sites excluding steroid dienone is 5. The SMILES string of the molecule is CCCCC/C=C\C/C=C\CCCCCCCCCC(=O)OCCCCCCCCCCCCCCCCCCCCCCCCCCCCCCCCCCCCCCCCCC(=O)NC(CO)C(O)/C=C/CCCCCCCCCCCCCCCCCCCCCCCC. The average Bonchev–Trinajstić information content (AvgIpc) is 2.53. The Morgan fingerprint density at radius 1 is 0.289 bits per heavy atom. The van der Waals surface area contributed by atoms with Crippen LogP contribution in [0.5, 0.6) is 0 Å². The molecule has 0 spiro atoms. The van der Waals surface area contributed by atoms with Crippen molar-refractivity contribution in [3.63, 3.8) is 0 Å². The highest BCUT2D eigenvalue weighted by Gasteiger charge is 2.18. The molecule has 574 valence electrons. The number of aliphatic hydroxyl groups excluding tert-OH is 2. The van der Waals surface area contributed by atoms with Crippen molar-refractivity contribution < 1.29 is 24.5 Å². The van der Waals surface area contributed by atoms with Gasteiger partial charge in [-0.25, -0.2) is 0 Å². The maximum Gasteiger partial charge on any atom is 0.305 e. The van der Waals surface area contributed by atoms with E-state index >= 15 is 0 Å². The predicted octanol–water partition coefficient (Wildman–Crippen LogP) is 30.1. The lowest BCUT2D eigenvalue weighted by atomic mass is 10.0. The standard InChI is InChI=1S/C91H175NO5/c1-3-5-7-9-11-13-15-17-19-21-22-23-24-42-45-48-52-55-59-63-67-71-75-79-83-89(94)88(87-93)92-90(95)84-80-76-72-68-64-60-56-53-49-46-43-40-38-36-34-32-30-28-26-25-27-29-31-33-35-37-39-41-44-47-50-54-58-62-66-70-74-78-82-86-97-91(96)85-81-77-73-69-65-61-57-51-20-18-16-14-12-10-8-6-4-2/h12,14,18,20,79,83,88-89,93-94H,3-11,13,15-17,19,21-78,80-82,84-87H2,1-2H3,(H,92,95)/b14-12-,20-18-,83-79+. The Hall–Kier alpha value is -1.92. The molecular formula is C91H175NO5. The zero-order chi connectivity index (χ0) is 69.8. The van der Waals surface area contributed by atoms with Gasteiger partial charge in [-0.3, -0.25) is 9.59 Å². The molecule has 97 heavy (non-hydrogen) atoms. The number of rotatable bonds is 85. The molecule has 1 amide bonds. The highest BCUT2D eigenvalue weighted by Crippen LogP contribution is 2.21. The van der Waals surface area contributed by atoms with Crippen LogP contribution in [0.25, 0.3) is 0 Å². The molecule has 0 aromatic carbocycles. The summed E-state index contributed by atoms with van der Waals surface area (Å²) in [5.41, 5.74) is 0. The Morgan fingerprint density at radius 3 is 0.804 bits per heavy atom. The van der Waals surface area contributed by atoms with E-state index in [1.165, 1.54) is 430 Å². The molecule has 0 heterocycles. The molecule has 0 bridgehead atoms. The van der Waals surface area contributed by atoms with Gasteiger partial charge in [-0.2, -0.15) is 0 Å². The summed E-state index contributed by atoms with van der Waals surface area (Å²) in [5, 5.41) is 23.3. The lowest BCUT2D eigenvalue weighted by molar-refractivity contribution is -0.143. The summed E-state index contributed by atoms with van der Waals surface area (Å²) in [5.74, 6) is -0.0391. The zero-order valence-corrected chi connectivity index (χ0v) is 66.1. The van der Waals surface area contributed by atoms with Crippen LogP contribution < -0.4 is 5.32 Å². The summed E-state index contributed by atoms with van der Waals surface area (Å²) >= 11 is 0. The van der Waals surface area contributed by atoms with Gasteiger partial charge in [-0.15, -0.1) is 0 Å². The third-order valence-corrected chi connectivity index (χ3v) is 21.2. The highest BCUT2D eigenvalue weighted by molar-refractivity contribution is 5.76. The first-order valence-electron chi connectivity index (χ1n) is 44.8. The molecule has 6 nitrogen and oxygen atoms in total. The molecule has 0 aromatic rings. The van der Waals surface area contributed by atoms with E-state index in [1.54, 1.807) is 6.08 Å². The Morgan fingerprint density at radius 2 is 0.515 bits per heavy atom. The van der Waals surface area contributed by atoms with Gasteiger partial charge >= 0.3 is 5.97 Å². The molecule has 0 aliphatic heterocycles. The second kappa shape index (κ2) is 86.5. The smallest absolute Gasteiger partial charge is 0.305 e. The van der Waals surface area contributed by atoms with E-state index in [0.717, 1.165) is 51.4 Å². The zero-order valence-electron chi connectivity index (χ0n) is 66.1. The molecule has 0 saturated heterocycles. The van der Waals surface area contributed by atoms with Gasteiger partial charge in [0.1, 0.15) is 0 Å². The maximum absolute atomic E-state index is 12.6. The van der Waals surface area contributed by atoms with Crippen molar-refractivity contribution in [3.8, 4) is 0 Å². The molecule has 2 unspecified atom stereocenters. The molecular weight excluding hydrogens is 1190 g/mol. The Balaban J connectivity index is 3.32. The van der Waals surface area contributed by atoms with Crippen molar-refractivity contribution in [2.45, 2.75) is 520 Å². The molecule has 0 fully saturated rings. The summed E-state index contributed by atoms with van der Waals surface area (Å²) in [6.45, 7) is 4.94. The van der Waals surface area contributed by atoms with Crippen LogP contribution in [0.4, 0.5) is 0 Å². The van der Waals surface area contributed by atoms with E-state index in [9.17, 15) is 19.8 Å². The fraction of sp³-hybridized carbons (Fsp3) is 0.912. The summed E-state index contributed by atoms with van der Waals surface area (Å²) in [6.07, 6.45) is 115. The van der Waals surface area contributed by atoms with E-state index in [0.29, 0.717) is 19.4 Å². The van der Waals surface area contributed by atoms with E-state index < -0.39 is 12.1 Å². The minimum atomic E-state index is -0.842. The predicted molar refractivity (Wildman–Crippen MR) is 430 cm³/mol. The maximum atomic E-state index is 12.6. The number of esters is 1. The van der Waals surface area contributed by atoms with Crippen molar-refractivity contribution in [1.82, 2.24) is 5.32 Å². The van der Waals surface area contributed by atoms with Crippen LogP contribution in [0.2, 0.25) is 0 Å². The number of unbranched alkanes of at least 4 members (excludes halogenated alkanes) is 70. The lowest BCUT2D eigenvalue weighted by Crippen LogP contribution is -2.45. The van der Waals surface area contributed by atoms with Gasteiger partial charge in [0.15, 0.2) is 0 Å². The Kier molecular flexibility index (Phi) is 84.8. The number of aliphatic hydroxyl groups is 2. The van der Waals surface area contributed by atoms with Gasteiger partial charge in [0.05, 0.1) is 25.4 Å². The molecule has 0 aromatic heterocycles. The number of hydrogen-bond donors (Lipinski definition) is 3. The molecule has 3 N–H and O–H groups in total. The second-order valence-corrected chi connectivity index (χ2v) is 30.9. The molecule has 0 aliphatic rings. The normalized spacial score (nSPS) is 12.6. The summed E-state index contributed by atoms with van der Waals surface area (Å²) in [4.78, 5) is 24.7. The van der Waals surface area contributed by atoms with E-state index in [-0.39, 0.29) is 18.5 Å². The molecule has 0 radical (unpaired) electrons. The van der Waals surface area contributed by atoms with Gasteiger partial charge in [0.25, 0.3) is 0 Å². The van der Waals surface area contributed by atoms with Crippen molar-refractivity contribution >= 4 is 11.9 Å². The van der Waals surface area contributed by atoms with Crippen molar-refractivity contribution in [3.05, 3.63) is 36.5 Å². The van der Waals surface area contributed by atoms with Gasteiger partial charge in [0, 0.05) is 12.8 Å². The van der Waals surface area contributed by atoms with Crippen LogP contribution >= 0.6 is 0 Å². The third-order valence-electron chi connectivity index (χ3n) is 21.2. The first kappa shape index (κ1) is 95.1. The van der Waals surface area contributed by atoms with Gasteiger partial charge < -0.3 is 20.3 Å². The molecule has 0 rings (SSSR count). The second-order valence-electron chi connectivity index (χ2n) is 30.9. The highest BCUT2D eigenvalue weighted by atomic mass is 16.5. The van der Waals surface area contributed by atoms with Crippen molar-refractivity contribution in [1.29, 1.82) is 0 Å². The monoisotopic (exact) mass is 1360 g/mol. The number of amides is 1. The Bertz CT molecular complexity index is 1570. The number of nitrogens with one attached hydrogen (secondary N) is 1. The summed E-state index contributed by atoms with van der Waals surface area (Å²) < 4.78 is 5.51. The quantitative estimate of drug-likeness (QED) is 0.0320. The fourth-order valence-corrected chi connectivity index (χ4v) is 14.4. The van der Waals surface area contributed by atoms with E-state index in [1.807, 2.05) is 6.08 Å². The van der Waals surface area contributed by atoms with Crippen molar-refractivity contribution in [2.75, 3.05) is 13.2 Å². The van der Waals surface area contributed by atoms with Crippen molar-refractivity contribution in [2.24, 2.45) is 0 Å². The first-order chi connectivity index (χ1) is 48.0. The lowest BCUT2D eigenvalue weighted by Gasteiger charge is -2.20. The molecule has 6 heteroatoms. The topological polar surface area (TPSA) is 95.9 Å². The average molecular weight is 1360 g/mol. The fourth-order valence-electron chi connectivity index (χ4n) is 14.4. The number of carbonyl (C=O) groups excluding carboxylic acids is 2. The Labute approximate surface area is 608 Å². The van der Waals surface area contributed by atoms with Crippen LogP contribution in [-0.4, -0.2) is 47.4 Å². The van der Waals surface area contributed by atoms with Gasteiger partial charge in [0.2, 0.25) is 5.91 Å². The van der Waals surface area contributed by atoms with Gasteiger partial charge in [-0.05, 0) is 64.2 Å². The minimum Gasteiger partial charge on any atom is -0.466 e. The third kappa shape index (κ3) is 82.9. The summed E-state index contributed by atoms with van der Waals surface area (Å²) in [7, 11) is 0. The largest absolute Gasteiger partial charge is 0.466 e. The number of carbonyl (C=O) groups is 2. The number of ether oxygens (including phenoxy) is 1. The van der Waals surface area contributed by atoms with Crippen LogP contribution in [0.1, 0.15) is 508 Å². The van der Waals surface area contributed by atoms with E-state index in [4.69, 9.17) is 4.74 Å². The molecule has 0 saturated carbocycles. The molecule has 2 atom stereocenters. The van der Waals surface area contributed by atoms with Crippen LogP contribution in [0.3, 0.4) is 0 Å². The van der Waals surface area contributed by atoms with Crippen LogP contribution in [0, 0.1) is 0 Å². The number of hydrogen-bond acceptors (Lipinski definition) is 5. The van der Waals surface area contributed by atoms with E-state index in [2.05, 4.69) is 43.5 Å². The van der Waals surface area contributed by atoms with Crippen LogP contribution in [0.15, 0.2) is 36.5 Å². The molecule has 0 aliphatic carbocycles. The summed E-state index contributed by atoms with van der Waals surface area (Å²) in [6, 6.07) is -0.625.